The largest absolute Gasteiger partial charge is 0.458 e. The van der Waals surface area contributed by atoms with Crippen molar-refractivity contribution in [3.63, 3.8) is 0 Å². The lowest BCUT2D eigenvalue weighted by molar-refractivity contribution is -0.159. The third-order valence-corrected chi connectivity index (χ3v) is 5.53. The highest BCUT2D eigenvalue weighted by molar-refractivity contribution is 6.15. The first-order chi connectivity index (χ1) is 14.3. The number of halogens is 1. The van der Waals surface area contributed by atoms with Crippen molar-refractivity contribution in [3.05, 3.63) is 65.5 Å². The predicted octanol–water partition coefficient (Wildman–Crippen LogP) is 3.50. The van der Waals surface area contributed by atoms with E-state index in [-0.39, 0.29) is 43.0 Å². The number of hydrogen-bond donors (Lipinski definition) is 0. The van der Waals surface area contributed by atoms with Crippen LogP contribution in [0.4, 0.5) is 10.1 Å². The minimum atomic E-state index is -1.51. The molecule has 0 spiro atoms. The van der Waals surface area contributed by atoms with E-state index in [0.717, 1.165) is 0 Å². The van der Waals surface area contributed by atoms with E-state index in [9.17, 15) is 18.8 Å². The van der Waals surface area contributed by atoms with Crippen molar-refractivity contribution in [2.75, 3.05) is 11.4 Å². The van der Waals surface area contributed by atoms with Gasteiger partial charge in [-0.1, -0.05) is 38.1 Å². The fourth-order valence-electron chi connectivity index (χ4n) is 4.21. The Bertz CT molecular complexity index is 1000. The highest BCUT2D eigenvalue weighted by Gasteiger charge is 2.61. The summed E-state index contributed by atoms with van der Waals surface area (Å²) in [4.78, 5) is 42.6. The monoisotopic (exact) mass is 410 g/mol. The van der Waals surface area contributed by atoms with E-state index < -0.39 is 11.6 Å². The van der Waals surface area contributed by atoms with Crippen LogP contribution in [0.2, 0.25) is 0 Å². The van der Waals surface area contributed by atoms with Gasteiger partial charge in [-0.05, 0) is 35.7 Å². The number of carbonyl (C=O) groups is 3. The summed E-state index contributed by atoms with van der Waals surface area (Å²) in [6.07, 6.45) is 0.308. The Hall–Kier alpha value is -3.22. The van der Waals surface area contributed by atoms with Crippen LogP contribution in [0.25, 0.3) is 0 Å². The molecule has 0 aromatic heterocycles. The number of anilines is 1. The number of ether oxygens (including phenoxy) is 1. The van der Waals surface area contributed by atoms with Gasteiger partial charge in [0, 0.05) is 19.4 Å². The Morgan fingerprint density at radius 1 is 1.13 bits per heavy atom. The van der Waals surface area contributed by atoms with E-state index >= 15 is 0 Å². The van der Waals surface area contributed by atoms with Gasteiger partial charge in [-0.25, -0.2) is 9.18 Å². The van der Waals surface area contributed by atoms with E-state index in [1.165, 1.54) is 34.1 Å². The van der Waals surface area contributed by atoms with Crippen LogP contribution < -0.4 is 4.90 Å². The molecule has 0 N–H and O–H groups in total. The SMILES string of the molecule is CC(C)CN1C(=O)c2ccccc2N2C(=O)CC[C@@]12C(=O)OCc1ccc(F)cc1. The Kier molecular flexibility index (Phi) is 5.05. The quantitative estimate of drug-likeness (QED) is 0.708. The first-order valence-corrected chi connectivity index (χ1v) is 10.0. The van der Waals surface area contributed by atoms with Crippen LogP contribution in [0.1, 0.15) is 42.6 Å². The second-order valence-corrected chi connectivity index (χ2v) is 8.08. The summed E-state index contributed by atoms with van der Waals surface area (Å²) in [6.45, 7) is 4.13. The van der Waals surface area contributed by atoms with Gasteiger partial charge in [0.25, 0.3) is 5.91 Å². The van der Waals surface area contributed by atoms with Crippen molar-refractivity contribution in [1.29, 1.82) is 0 Å². The normalized spacial score (nSPS) is 20.4. The minimum Gasteiger partial charge on any atom is -0.458 e. The lowest BCUT2D eigenvalue weighted by atomic mass is 9.95. The van der Waals surface area contributed by atoms with E-state index in [1.807, 2.05) is 13.8 Å². The number of para-hydroxylation sites is 1. The van der Waals surface area contributed by atoms with Gasteiger partial charge in [-0.15, -0.1) is 0 Å². The molecule has 156 valence electrons. The first kappa shape index (κ1) is 20.1. The molecule has 0 aliphatic carbocycles. The van der Waals surface area contributed by atoms with Gasteiger partial charge in [-0.2, -0.15) is 0 Å². The fraction of sp³-hybridized carbons (Fsp3) is 0.348. The average molecular weight is 410 g/mol. The lowest BCUT2D eigenvalue weighted by Crippen LogP contribution is -2.69. The second-order valence-electron chi connectivity index (χ2n) is 8.08. The molecule has 2 aromatic carbocycles. The van der Waals surface area contributed by atoms with E-state index in [2.05, 4.69) is 0 Å². The third kappa shape index (κ3) is 3.14. The van der Waals surface area contributed by atoms with Crippen molar-refractivity contribution in [1.82, 2.24) is 4.90 Å². The van der Waals surface area contributed by atoms with Gasteiger partial charge in [-0.3, -0.25) is 14.5 Å². The molecule has 2 aliphatic heterocycles. The first-order valence-electron chi connectivity index (χ1n) is 10.0. The number of amides is 2. The Morgan fingerprint density at radius 3 is 2.53 bits per heavy atom. The Labute approximate surface area is 174 Å². The molecule has 2 aliphatic rings. The molecule has 0 unspecified atom stereocenters. The van der Waals surface area contributed by atoms with Crippen LogP contribution in [0, 0.1) is 11.7 Å². The molecule has 0 radical (unpaired) electrons. The maximum absolute atomic E-state index is 13.5. The van der Waals surface area contributed by atoms with Crippen molar-refractivity contribution in [2.45, 2.75) is 39.0 Å². The number of benzene rings is 2. The Balaban J connectivity index is 1.74. The molecule has 7 heteroatoms. The summed E-state index contributed by atoms with van der Waals surface area (Å²) in [5, 5.41) is 0. The van der Waals surface area contributed by atoms with Crippen LogP contribution in [-0.2, 0) is 20.9 Å². The highest BCUT2D eigenvalue weighted by atomic mass is 19.1. The molecule has 2 heterocycles. The van der Waals surface area contributed by atoms with Gasteiger partial charge >= 0.3 is 5.97 Å². The summed E-state index contributed by atoms with van der Waals surface area (Å²) >= 11 is 0. The molecule has 6 nitrogen and oxygen atoms in total. The molecular weight excluding hydrogens is 387 g/mol. The molecule has 1 atom stereocenters. The zero-order chi connectivity index (χ0) is 21.5. The van der Waals surface area contributed by atoms with Gasteiger partial charge in [0.15, 0.2) is 0 Å². The van der Waals surface area contributed by atoms with Crippen molar-refractivity contribution >= 4 is 23.5 Å². The van der Waals surface area contributed by atoms with E-state index in [4.69, 9.17) is 4.74 Å². The van der Waals surface area contributed by atoms with Crippen molar-refractivity contribution < 1.29 is 23.5 Å². The minimum absolute atomic E-state index is 0.0751. The van der Waals surface area contributed by atoms with Crippen LogP contribution in [0.15, 0.2) is 48.5 Å². The number of nitrogens with zero attached hydrogens (tertiary/aromatic N) is 2. The number of rotatable bonds is 5. The van der Waals surface area contributed by atoms with Gasteiger partial charge in [0.1, 0.15) is 12.4 Å². The van der Waals surface area contributed by atoms with Gasteiger partial charge in [0.05, 0.1) is 11.3 Å². The summed E-state index contributed by atoms with van der Waals surface area (Å²) in [5.41, 5.74) is -0.0543. The molecule has 30 heavy (non-hydrogen) atoms. The zero-order valence-corrected chi connectivity index (χ0v) is 16.9. The van der Waals surface area contributed by atoms with Crippen LogP contribution in [-0.4, -0.2) is 34.9 Å². The number of hydrogen-bond acceptors (Lipinski definition) is 4. The maximum atomic E-state index is 13.5. The molecule has 1 fully saturated rings. The van der Waals surface area contributed by atoms with Crippen molar-refractivity contribution in [3.8, 4) is 0 Å². The lowest BCUT2D eigenvalue weighted by Gasteiger charge is -2.48. The molecule has 0 bridgehead atoms. The van der Waals surface area contributed by atoms with Gasteiger partial charge in [0.2, 0.25) is 11.6 Å². The number of esters is 1. The highest BCUT2D eigenvalue weighted by Crippen LogP contribution is 2.45. The maximum Gasteiger partial charge on any atom is 0.354 e. The van der Waals surface area contributed by atoms with Gasteiger partial charge < -0.3 is 9.64 Å². The summed E-state index contributed by atoms with van der Waals surface area (Å²) in [6, 6.07) is 12.5. The average Bonchev–Trinajstić information content (AvgIpc) is 3.08. The summed E-state index contributed by atoms with van der Waals surface area (Å²) in [5.74, 6) is -1.46. The van der Waals surface area contributed by atoms with Crippen molar-refractivity contribution in [2.24, 2.45) is 5.92 Å². The summed E-state index contributed by atoms with van der Waals surface area (Å²) < 4.78 is 18.7. The molecular formula is C23H23FN2O4. The number of carbonyl (C=O) groups excluding carboxylic acids is 3. The van der Waals surface area contributed by atoms with Crippen LogP contribution in [0.5, 0.6) is 0 Å². The summed E-state index contributed by atoms with van der Waals surface area (Å²) in [7, 11) is 0. The van der Waals surface area contributed by atoms with E-state index in [1.54, 1.807) is 24.3 Å². The number of fused-ring (bicyclic) bond motifs is 3. The zero-order valence-electron chi connectivity index (χ0n) is 16.9. The fourth-order valence-corrected chi connectivity index (χ4v) is 4.21. The molecule has 2 aromatic rings. The Morgan fingerprint density at radius 2 is 1.83 bits per heavy atom. The van der Waals surface area contributed by atoms with Crippen LogP contribution in [0.3, 0.4) is 0 Å². The standard InChI is InChI=1S/C23H23FN2O4/c1-15(2)13-25-21(28)18-5-3-4-6-19(18)26-20(27)11-12-23(25,26)22(29)30-14-16-7-9-17(24)10-8-16/h3-10,15H,11-14H2,1-2H3/t23-/m1/s1. The smallest absolute Gasteiger partial charge is 0.354 e. The second kappa shape index (κ2) is 7.55. The topological polar surface area (TPSA) is 66.9 Å². The van der Waals surface area contributed by atoms with E-state index in [0.29, 0.717) is 23.4 Å². The molecule has 4 rings (SSSR count). The molecule has 1 saturated heterocycles. The van der Waals surface area contributed by atoms with Crippen LogP contribution >= 0.6 is 0 Å². The third-order valence-electron chi connectivity index (χ3n) is 5.53. The predicted molar refractivity (Wildman–Crippen MR) is 108 cm³/mol. The molecule has 0 saturated carbocycles. The molecule has 2 amide bonds.